The SMILES string of the molecule is COc1cnc2c(-c3nc4cc(F)c(OCCOC(=O)Nc5cncc(CO)c5)cc4s3)cc(C)cc2n1. The lowest BCUT2D eigenvalue weighted by molar-refractivity contribution is 0.136. The van der Waals surface area contributed by atoms with Crippen LogP contribution in [-0.4, -0.2) is 51.5 Å². The summed E-state index contributed by atoms with van der Waals surface area (Å²) in [5.74, 6) is -0.143. The van der Waals surface area contributed by atoms with Crippen molar-refractivity contribution in [2.24, 2.45) is 0 Å². The number of fused-ring (bicyclic) bond motifs is 2. The maximum Gasteiger partial charge on any atom is 0.411 e. The zero-order valence-electron chi connectivity index (χ0n) is 20.4. The summed E-state index contributed by atoms with van der Waals surface area (Å²) < 4.78 is 31.3. The van der Waals surface area contributed by atoms with E-state index < -0.39 is 11.9 Å². The van der Waals surface area contributed by atoms with Crippen molar-refractivity contribution < 1.29 is 28.5 Å². The highest BCUT2D eigenvalue weighted by Crippen LogP contribution is 2.37. The van der Waals surface area contributed by atoms with Crippen molar-refractivity contribution in [3.05, 3.63) is 65.9 Å². The van der Waals surface area contributed by atoms with E-state index in [1.54, 1.807) is 18.3 Å². The van der Waals surface area contributed by atoms with Gasteiger partial charge >= 0.3 is 6.09 Å². The van der Waals surface area contributed by atoms with Crippen LogP contribution in [-0.2, 0) is 11.3 Å². The van der Waals surface area contributed by atoms with Crippen LogP contribution in [0.1, 0.15) is 11.1 Å². The molecule has 10 nitrogen and oxygen atoms in total. The Labute approximate surface area is 220 Å². The van der Waals surface area contributed by atoms with Gasteiger partial charge in [0.05, 0.1) is 53.0 Å². The number of hydrogen-bond donors (Lipinski definition) is 2. The number of nitrogens with one attached hydrogen (secondary N) is 1. The second-order valence-corrected chi connectivity index (χ2v) is 9.24. The molecular formula is C26H22FN5O5S. The Hall–Kier alpha value is -4.42. The topological polar surface area (TPSA) is 129 Å². The van der Waals surface area contributed by atoms with Crippen LogP contribution >= 0.6 is 11.3 Å². The first-order valence-corrected chi connectivity index (χ1v) is 12.3. The summed E-state index contributed by atoms with van der Waals surface area (Å²) >= 11 is 1.38. The van der Waals surface area contributed by atoms with Gasteiger partial charge in [0.2, 0.25) is 5.88 Å². The highest BCUT2D eigenvalue weighted by atomic mass is 32.1. The van der Waals surface area contributed by atoms with Gasteiger partial charge in [-0.1, -0.05) is 0 Å². The monoisotopic (exact) mass is 535 g/mol. The van der Waals surface area contributed by atoms with Crippen LogP contribution in [0, 0.1) is 12.7 Å². The molecule has 0 radical (unpaired) electrons. The number of aryl methyl sites for hydroxylation is 1. The van der Waals surface area contributed by atoms with Gasteiger partial charge in [-0.15, -0.1) is 11.3 Å². The van der Waals surface area contributed by atoms with E-state index in [0.717, 1.165) is 15.8 Å². The molecule has 5 aromatic rings. The van der Waals surface area contributed by atoms with E-state index in [-0.39, 0.29) is 25.6 Å². The predicted molar refractivity (Wildman–Crippen MR) is 140 cm³/mol. The molecule has 2 aromatic carbocycles. The van der Waals surface area contributed by atoms with Gasteiger partial charge in [-0.3, -0.25) is 10.3 Å². The van der Waals surface area contributed by atoms with Crippen molar-refractivity contribution in [2.75, 3.05) is 25.6 Å². The number of anilines is 1. The van der Waals surface area contributed by atoms with Gasteiger partial charge in [-0.05, 0) is 36.2 Å². The number of aliphatic hydroxyl groups is 1. The van der Waals surface area contributed by atoms with E-state index in [9.17, 15) is 9.18 Å². The molecule has 0 aliphatic heterocycles. The van der Waals surface area contributed by atoms with Crippen molar-refractivity contribution in [3.8, 4) is 22.2 Å². The molecule has 12 heteroatoms. The number of aliphatic hydroxyl groups excluding tert-OH is 1. The molecule has 1 amide bonds. The lowest BCUT2D eigenvalue weighted by Crippen LogP contribution is -2.18. The number of halogens is 1. The Balaban J connectivity index is 1.28. The number of carbonyl (C=O) groups excluding carboxylic acids is 1. The minimum Gasteiger partial charge on any atom is -0.487 e. The fourth-order valence-electron chi connectivity index (χ4n) is 3.75. The largest absolute Gasteiger partial charge is 0.487 e. The summed E-state index contributed by atoms with van der Waals surface area (Å²) in [6.45, 7) is 1.58. The first-order valence-electron chi connectivity index (χ1n) is 11.5. The average Bonchev–Trinajstić information content (AvgIpc) is 3.32. The fraction of sp³-hybridized carbons (Fsp3) is 0.192. The number of nitrogens with zero attached hydrogens (tertiary/aromatic N) is 4. The van der Waals surface area contributed by atoms with Crippen molar-refractivity contribution in [1.29, 1.82) is 0 Å². The van der Waals surface area contributed by atoms with Crippen LogP contribution in [0.3, 0.4) is 0 Å². The smallest absolute Gasteiger partial charge is 0.411 e. The molecule has 2 N–H and O–H groups in total. The summed E-state index contributed by atoms with van der Waals surface area (Å²) in [6.07, 6.45) is 3.73. The number of ether oxygens (including phenoxy) is 3. The summed E-state index contributed by atoms with van der Waals surface area (Å²) in [7, 11) is 1.53. The number of carbonyl (C=O) groups is 1. The van der Waals surface area contributed by atoms with Crippen molar-refractivity contribution in [2.45, 2.75) is 13.5 Å². The molecule has 0 saturated carbocycles. The molecule has 0 bridgehead atoms. The summed E-state index contributed by atoms with van der Waals surface area (Å²) in [5, 5.41) is 12.3. The minimum absolute atomic E-state index is 0.0233. The molecule has 0 fully saturated rings. The van der Waals surface area contributed by atoms with Gasteiger partial charge in [0, 0.05) is 23.9 Å². The molecule has 0 saturated heterocycles. The Morgan fingerprint density at radius 2 is 1.95 bits per heavy atom. The van der Waals surface area contributed by atoms with E-state index in [4.69, 9.17) is 19.3 Å². The molecule has 194 valence electrons. The highest BCUT2D eigenvalue weighted by molar-refractivity contribution is 7.21. The Bertz CT molecular complexity index is 1640. The number of hydrogen-bond acceptors (Lipinski definition) is 10. The Morgan fingerprint density at radius 1 is 1.08 bits per heavy atom. The molecule has 3 heterocycles. The molecule has 0 aliphatic rings. The normalized spacial score (nSPS) is 11.1. The minimum atomic E-state index is -0.723. The third-order valence-corrected chi connectivity index (χ3v) is 6.50. The van der Waals surface area contributed by atoms with Crippen LogP contribution in [0.15, 0.2) is 48.9 Å². The van der Waals surface area contributed by atoms with Gasteiger partial charge in [-0.25, -0.2) is 24.1 Å². The molecule has 38 heavy (non-hydrogen) atoms. The van der Waals surface area contributed by atoms with Crippen LogP contribution in [0.4, 0.5) is 14.9 Å². The molecule has 3 aromatic heterocycles. The Kier molecular flexibility index (Phi) is 7.24. The quantitative estimate of drug-likeness (QED) is 0.267. The first kappa shape index (κ1) is 25.2. The van der Waals surface area contributed by atoms with E-state index in [1.165, 1.54) is 36.9 Å². The fourth-order valence-corrected chi connectivity index (χ4v) is 4.74. The predicted octanol–water partition coefficient (Wildman–Crippen LogP) is 4.88. The zero-order chi connectivity index (χ0) is 26.6. The van der Waals surface area contributed by atoms with Crippen molar-refractivity contribution in [3.63, 3.8) is 0 Å². The Morgan fingerprint density at radius 3 is 2.76 bits per heavy atom. The van der Waals surface area contributed by atoms with Gasteiger partial charge in [0.25, 0.3) is 0 Å². The van der Waals surface area contributed by atoms with Gasteiger partial charge in [-0.2, -0.15) is 0 Å². The lowest BCUT2D eigenvalue weighted by Gasteiger charge is -2.09. The van der Waals surface area contributed by atoms with Crippen LogP contribution < -0.4 is 14.8 Å². The summed E-state index contributed by atoms with van der Waals surface area (Å²) in [6, 6.07) is 8.34. The number of benzene rings is 2. The molecule has 0 aliphatic carbocycles. The number of amides is 1. The first-order chi connectivity index (χ1) is 18.4. The summed E-state index contributed by atoms with van der Waals surface area (Å²) in [4.78, 5) is 29.5. The maximum absolute atomic E-state index is 14.7. The molecule has 0 atom stereocenters. The van der Waals surface area contributed by atoms with Gasteiger partial charge < -0.3 is 19.3 Å². The average molecular weight is 536 g/mol. The molecule has 0 spiro atoms. The third kappa shape index (κ3) is 5.45. The van der Waals surface area contributed by atoms with Crippen molar-refractivity contribution in [1.82, 2.24) is 19.9 Å². The molecular weight excluding hydrogens is 513 g/mol. The van der Waals surface area contributed by atoms with Crippen LogP contribution in [0.2, 0.25) is 0 Å². The van der Waals surface area contributed by atoms with E-state index in [2.05, 4.69) is 25.3 Å². The highest BCUT2D eigenvalue weighted by Gasteiger charge is 2.16. The number of pyridine rings is 1. The molecule has 0 unspecified atom stereocenters. The number of methoxy groups -OCH3 is 1. The van der Waals surface area contributed by atoms with E-state index >= 15 is 0 Å². The zero-order valence-corrected chi connectivity index (χ0v) is 21.2. The number of rotatable bonds is 8. The van der Waals surface area contributed by atoms with Gasteiger partial charge in [0.1, 0.15) is 18.2 Å². The maximum atomic E-state index is 14.7. The third-order valence-electron chi connectivity index (χ3n) is 5.45. The van der Waals surface area contributed by atoms with Crippen LogP contribution in [0.25, 0.3) is 31.8 Å². The van der Waals surface area contributed by atoms with E-state index in [1.807, 2.05) is 19.1 Å². The second-order valence-electron chi connectivity index (χ2n) is 8.21. The lowest BCUT2D eigenvalue weighted by atomic mass is 10.1. The second kappa shape index (κ2) is 10.9. The number of thiazole rings is 1. The van der Waals surface area contributed by atoms with Crippen molar-refractivity contribution >= 4 is 44.4 Å². The van der Waals surface area contributed by atoms with E-state index in [0.29, 0.717) is 38.7 Å². The van der Waals surface area contributed by atoms with Crippen LogP contribution in [0.5, 0.6) is 11.6 Å². The number of aromatic nitrogens is 4. The van der Waals surface area contributed by atoms with Gasteiger partial charge in [0.15, 0.2) is 11.6 Å². The standard InChI is InChI=1S/C26H22FN5O5S/c1-14-5-17(24-20(6-14)31-23(35-2)12-29-24)25-32-19-8-18(27)21(9-22(19)38-25)36-3-4-37-26(34)30-16-7-15(13-33)10-28-11-16/h5-12,33H,3-4,13H2,1-2H3,(H,30,34). The summed E-state index contributed by atoms with van der Waals surface area (Å²) in [5.41, 5.74) is 4.53. The molecule has 5 rings (SSSR count).